The minimum atomic E-state index is -0.0748. The largest absolute Gasteiger partial charge is 0.352 e. The molecule has 180 valence electrons. The van der Waals surface area contributed by atoms with Gasteiger partial charge >= 0.3 is 0 Å². The van der Waals surface area contributed by atoms with E-state index in [0.29, 0.717) is 36.7 Å². The van der Waals surface area contributed by atoms with Crippen molar-refractivity contribution in [3.05, 3.63) is 58.1 Å². The summed E-state index contributed by atoms with van der Waals surface area (Å²) in [5, 5.41) is 10.7. The van der Waals surface area contributed by atoms with Crippen LogP contribution in [0.15, 0.2) is 45.6 Å². The van der Waals surface area contributed by atoms with Crippen LogP contribution in [0.2, 0.25) is 0 Å². The van der Waals surface area contributed by atoms with Crippen LogP contribution in [0.25, 0.3) is 11.4 Å². The van der Waals surface area contributed by atoms with Crippen LogP contribution in [-0.4, -0.2) is 71.0 Å². The van der Waals surface area contributed by atoms with Crippen molar-refractivity contribution in [3.63, 3.8) is 0 Å². The molecule has 8 nitrogen and oxygen atoms in total. The van der Waals surface area contributed by atoms with Gasteiger partial charge in [-0.25, -0.2) is 0 Å². The average molecular weight is 482 g/mol. The Hall–Kier alpha value is -3.04. The van der Waals surface area contributed by atoms with Gasteiger partial charge in [-0.3, -0.25) is 14.5 Å². The van der Waals surface area contributed by atoms with Crippen LogP contribution >= 0.6 is 11.3 Å². The highest BCUT2D eigenvalue weighted by Gasteiger charge is 2.20. The lowest BCUT2D eigenvalue weighted by atomic mass is 10.1. The number of hydrogen-bond donors (Lipinski definition) is 1. The summed E-state index contributed by atoms with van der Waals surface area (Å²) in [5.74, 6) is 1.39. The van der Waals surface area contributed by atoms with Gasteiger partial charge in [0.1, 0.15) is 0 Å². The van der Waals surface area contributed by atoms with Crippen molar-refractivity contribution in [3.8, 4) is 11.4 Å². The Bertz CT molecular complexity index is 1060. The van der Waals surface area contributed by atoms with Crippen LogP contribution in [0.3, 0.4) is 0 Å². The first kappa shape index (κ1) is 24.1. The molecule has 0 atom stereocenters. The highest BCUT2D eigenvalue weighted by Crippen LogP contribution is 2.17. The number of nitrogens with one attached hydrogen (secondary N) is 1. The predicted molar refractivity (Wildman–Crippen MR) is 132 cm³/mol. The third-order valence-corrected chi connectivity index (χ3v) is 6.69. The maximum Gasteiger partial charge on any atom is 0.252 e. The Morgan fingerprint density at radius 2 is 1.88 bits per heavy atom. The molecule has 0 radical (unpaired) electrons. The highest BCUT2D eigenvalue weighted by atomic mass is 32.1. The molecular weight excluding hydrogens is 450 g/mol. The zero-order valence-electron chi connectivity index (χ0n) is 19.5. The molecule has 0 saturated carbocycles. The number of amides is 2. The summed E-state index contributed by atoms with van der Waals surface area (Å²) in [7, 11) is 0. The molecule has 1 saturated heterocycles. The summed E-state index contributed by atoms with van der Waals surface area (Å²) in [6.07, 6.45) is 2.80. The number of aromatic nitrogens is 2. The second-order valence-corrected chi connectivity index (χ2v) is 9.36. The fraction of sp³-hybridized carbons (Fsp3) is 0.440. The van der Waals surface area contributed by atoms with Crippen molar-refractivity contribution in [2.75, 3.05) is 39.3 Å². The molecule has 3 heterocycles. The SMILES string of the molecule is Cc1ccc(-c2noc(CCCN3CCN(C(=O)CCCNC(=O)c4ccsc4)CC3)n2)cc1. The van der Waals surface area contributed by atoms with Crippen molar-refractivity contribution in [1.82, 2.24) is 25.3 Å². The molecule has 1 aliphatic heterocycles. The van der Waals surface area contributed by atoms with Crippen LogP contribution in [0, 0.1) is 6.92 Å². The Morgan fingerprint density at radius 1 is 1.09 bits per heavy atom. The lowest BCUT2D eigenvalue weighted by Crippen LogP contribution is -2.48. The summed E-state index contributed by atoms with van der Waals surface area (Å²) < 4.78 is 5.41. The van der Waals surface area contributed by atoms with Crippen LogP contribution in [0.5, 0.6) is 0 Å². The molecule has 1 fully saturated rings. The number of piperazine rings is 1. The summed E-state index contributed by atoms with van der Waals surface area (Å²) >= 11 is 1.50. The number of thiophene rings is 1. The van der Waals surface area contributed by atoms with Crippen LogP contribution in [0.4, 0.5) is 0 Å². The smallest absolute Gasteiger partial charge is 0.252 e. The maximum atomic E-state index is 12.5. The molecule has 2 amide bonds. The number of hydrogen-bond acceptors (Lipinski definition) is 7. The van der Waals surface area contributed by atoms with E-state index in [4.69, 9.17) is 4.52 Å². The summed E-state index contributed by atoms with van der Waals surface area (Å²) in [5.41, 5.74) is 2.84. The molecule has 34 heavy (non-hydrogen) atoms. The Kier molecular flexibility index (Phi) is 8.43. The summed E-state index contributed by atoms with van der Waals surface area (Å²) in [4.78, 5) is 33.2. The average Bonchev–Trinajstić information content (AvgIpc) is 3.55. The number of carbonyl (C=O) groups excluding carboxylic acids is 2. The van der Waals surface area contributed by atoms with E-state index in [9.17, 15) is 9.59 Å². The topological polar surface area (TPSA) is 91.6 Å². The molecule has 0 aliphatic carbocycles. The molecule has 0 spiro atoms. The molecule has 0 bridgehead atoms. The van der Waals surface area contributed by atoms with E-state index < -0.39 is 0 Å². The third kappa shape index (κ3) is 6.74. The Labute approximate surface area is 204 Å². The fourth-order valence-corrected chi connectivity index (χ4v) is 4.58. The van der Waals surface area contributed by atoms with E-state index in [1.165, 1.54) is 16.9 Å². The molecule has 1 aromatic carbocycles. The van der Waals surface area contributed by atoms with E-state index in [2.05, 4.69) is 27.3 Å². The first-order valence-electron chi connectivity index (χ1n) is 11.8. The van der Waals surface area contributed by atoms with Gasteiger partial charge < -0.3 is 14.7 Å². The lowest BCUT2D eigenvalue weighted by Gasteiger charge is -2.34. The van der Waals surface area contributed by atoms with Crippen molar-refractivity contribution in [1.29, 1.82) is 0 Å². The van der Waals surface area contributed by atoms with Gasteiger partial charge in [-0.2, -0.15) is 16.3 Å². The molecule has 1 N–H and O–H groups in total. The lowest BCUT2D eigenvalue weighted by molar-refractivity contribution is -0.133. The Balaban J connectivity index is 1.09. The van der Waals surface area contributed by atoms with Gasteiger partial charge in [0.25, 0.3) is 5.91 Å². The first-order valence-corrected chi connectivity index (χ1v) is 12.7. The van der Waals surface area contributed by atoms with Crippen LogP contribution in [-0.2, 0) is 11.2 Å². The quantitative estimate of drug-likeness (QED) is 0.447. The zero-order valence-corrected chi connectivity index (χ0v) is 20.4. The van der Waals surface area contributed by atoms with E-state index in [-0.39, 0.29) is 11.8 Å². The van der Waals surface area contributed by atoms with Crippen LogP contribution < -0.4 is 5.32 Å². The predicted octanol–water partition coefficient (Wildman–Crippen LogP) is 3.39. The van der Waals surface area contributed by atoms with Crippen molar-refractivity contribution in [2.45, 2.75) is 32.6 Å². The molecule has 1 aliphatic rings. The normalized spacial score (nSPS) is 14.3. The summed E-state index contributed by atoms with van der Waals surface area (Å²) in [6, 6.07) is 9.90. The number of aryl methyl sites for hydroxylation is 2. The minimum absolute atomic E-state index is 0.0748. The second kappa shape index (κ2) is 11.9. The molecule has 9 heteroatoms. The Morgan fingerprint density at radius 3 is 2.62 bits per heavy atom. The van der Waals surface area contributed by atoms with Gasteiger partial charge in [-0.1, -0.05) is 35.0 Å². The number of rotatable bonds is 10. The molecule has 3 aromatic rings. The fourth-order valence-electron chi connectivity index (χ4n) is 3.95. The third-order valence-electron chi connectivity index (χ3n) is 6.00. The first-order chi connectivity index (χ1) is 16.6. The van der Waals surface area contributed by atoms with Gasteiger partial charge in [-0.05, 0) is 37.8 Å². The second-order valence-electron chi connectivity index (χ2n) is 8.58. The molecular formula is C25H31N5O3S. The number of carbonyl (C=O) groups is 2. The van der Waals surface area contributed by atoms with E-state index in [1.807, 2.05) is 39.9 Å². The van der Waals surface area contributed by atoms with Gasteiger partial charge in [0.05, 0.1) is 0 Å². The monoisotopic (exact) mass is 481 g/mol. The standard InChI is InChI=1S/C25H31N5O3S/c1-19-6-8-20(9-7-19)24-27-22(33-28-24)4-3-12-29-13-15-30(16-14-29)23(31)5-2-11-26-25(32)21-10-17-34-18-21/h6-10,17-18H,2-5,11-16H2,1H3,(H,26,32). The van der Waals surface area contributed by atoms with Gasteiger partial charge in [-0.15, -0.1) is 0 Å². The molecule has 4 rings (SSSR count). The van der Waals surface area contributed by atoms with E-state index in [1.54, 1.807) is 6.07 Å². The molecule has 2 aromatic heterocycles. The van der Waals surface area contributed by atoms with Crippen molar-refractivity contribution in [2.24, 2.45) is 0 Å². The summed E-state index contributed by atoms with van der Waals surface area (Å²) in [6.45, 7) is 6.76. The maximum absolute atomic E-state index is 12.5. The van der Waals surface area contributed by atoms with Crippen molar-refractivity contribution < 1.29 is 14.1 Å². The van der Waals surface area contributed by atoms with Gasteiger partial charge in [0.2, 0.25) is 17.6 Å². The van der Waals surface area contributed by atoms with Crippen LogP contribution in [0.1, 0.15) is 41.1 Å². The van der Waals surface area contributed by atoms with Crippen molar-refractivity contribution >= 4 is 23.2 Å². The molecule has 0 unspecified atom stereocenters. The van der Waals surface area contributed by atoms with E-state index in [0.717, 1.165) is 51.1 Å². The highest BCUT2D eigenvalue weighted by molar-refractivity contribution is 7.08. The van der Waals surface area contributed by atoms with Gasteiger partial charge in [0, 0.05) is 62.1 Å². The van der Waals surface area contributed by atoms with Gasteiger partial charge in [0.15, 0.2) is 0 Å². The zero-order chi connectivity index (χ0) is 23.8. The van der Waals surface area contributed by atoms with E-state index >= 15 is 0 Å². The number of benzene rings is 1. The minimum Gasteiger partial charge on any atom is -0.352 e. The number of nitrogens with zero attached hydrogens (tertiary/aromatic N) is 4.